The first-order valence-corrected chi connectivity index (χ1v) is 8.18. The Morgan fingerprint density at radius 1 is 1.04 bits per heavy atom. The fourth-order valence-corrected chi connectivity index (χ4v) is 3.75. The van der Waals surface area contributed by atoms with Crippen LogP contribution in [-0.2, 0) is 10.5 Å². The van der Waals surface area contributed by atoms with Crippen molar-refractivity contribution in [3.8, 4) is 0 Å². The topological polar surface area (TPSA) is 52.7 Å². The molecule has 0 fully saturated rings. The van der Waals surface area contributed by atoms with Crippen molar-refractivity contribution in [1.82, 2.24) is 4.90 Å². The van der Waals surface area contributed by atoms with Gasteiger partial charge in [0.15, 0.2) is 0 Å². The molecule has 5 heteroatoms. The van der Waals surface area contributed by atoms with Gasteiger partial charge in [0, 0.05) is 24.8 Å². The second-order valence-electron chi connectivity index (χ2n) is 6.22. The molecule has 0 unspecified atom stereocenters. The van der Waals surface area contributed by atoms with Crippen LogP contribution in [0.15, 0.2) is 48.5 Å². The van der Waals surface area contributed by atoms with E-state index in [-0.39, 0.29) is 11.8 Å². The molecule has 0 saturated heterocycles. The summed E-state index contributed by atoms with van der Waals surface area (Å²) < 4.78 is 0. The van der Waals surface area contributed by atoms with E-state index in [1.807, 2.05) is 49.4 Å². The molecule has 1 spiro atoms. The number of nitrogens with zero attached hydrogens (tertiary/aromatic N) is 2. The summed E-state index contributed by atoms with van der Waals surface area (Å²) in [6, 6.07) is 15.0. The van der Waals surface area contributed by atoms with E-state index >= 15 is 0 Å². The summed E-state index contributed by atoms with van der Waals surface area (Å²) in [6.45, 7) is 2.52. The monoisotopic (exact) mass is 321 g/mol. The van der Waals surface area contributed by atoms with Crippen LogP contribution < -0.4 is 10.2 Å². The van der Waals surface area contributed by atoms with Gasteiger partial charge in [0.1, 0.15) is 0 Å². The Kier molecular flexibility index (Phi) is 3.13. The Hall–Kier alpha value is -2.82. The van der Waals surface area contributed by atoms with Crippen LogP contribution in [0.25, 0.3) is 0 Å². The van der Waals surface area contributed by atoms with Crippen molar-refractivity contribution in [3.63, 3.8) is 0 Å². The van der Waals surface area contributed by atoms with E-state index in [1.54, 1.807) is 22.9 Å². The first-order valence-electron chi connectivity index (χ1n) is 8.18. The molecule has 2 aromatic carbocycles. The molecule has 1 atom stereocenters. The number of carbonyl (C=O) groups is 2. The molecule has 1 N–H and O–H groups in total. The second kappa shape index (κ2) is 5.09. The first-order chi connectivity index (χ1) is 11.6. The van der Waals surface area contributed by atoms with Crippen LogP contribution in [0.3, 0.4) is 0 Å². The summed E-state index contributed by atoms with van der Waals surface area (Å²) in [5.41, 5.74) is 1.81. The lowest BCUT2D eigenvalue weighted by molar-refractivity contribution is -0.127. The van der Waals surface area contributed by atoms with Gasteiger partial charge in [-0.25, -0.2) is 0 Å². The van der Waals surface area contributed by atoms with Crippen molar-refractivity contribution in [3.05, 3.63) is 59.7 Å². The minimum Gasteiger partial charge on any atom is -0.350 e. The van der Waals surface area contributed by atoms with Crippen LogP contribution in [-0.4, -0.2) is 30.3 Å². The maximum absolute atomic E-state index is 13.2. The third-order valence-electron chi connectivity index (χ3n) is 4.84. The lowest BCUT2D eigenvalue weighted by atomic mass is 9.93. The highest BCUT2D eigenvalue weighted by atomic mass is 16.2. The van der Waals surface area contributed by atoms with E-state index in [1.165, 1.54) is 0 Å². The molecule has 2 aliphatic rings. The van der Waals surface area contributed by atoms with Crippen LogP contribution in [0, 0.1) is 0 Å². The molecule has 0 radical (unpaired) electrons. The molecule has 24 heavy (non-hydrogen) atoms. The Labute approximate surface area is 140 Å². The number of amides is 2. The smallest absolute Gasteiger partial charge is 0.278 e. The fourth-order valence-electron chi connectivity index (χ4n) is 3.75. The third-order valence-corrected chi connectivity index (χ3v) is 4.84. The van der Waals surface area contributed by atoms with Crippen LogP contribution in [0.4, 0.5) is 11.4 Å². The zero-order valence-corrected chi connectivity index (χ0v) is 13.7. The number of anilines is 2. The number of benzene rings is 2. The van der Waals surface area contributed by atoms with Gasteiger partial charge in [0.2, 0.25) is 5.66 Å². The van der Waals surface area contributed by atoms with Crippen molar-refractivity contribution in [2.75, 3.05) is 23.8 Å². The molecule has 2 heterocycles. The van der Waals surface area contributed by atoms with E-state index < -0.39 is 5.66 Å². The van der Waals surface area contributed by atoms with Crippen molar-refractivity contribution in [1.29, 1.82) is 0 Å². The normalized spacial score (nSPS) is 21.8. The van der Waals surface area contributed by atoms with E-state index in [0.29, 0.717) is 17.8 Å². The summed E-state index contributed by atoms with van der Waals surface area (Å²) >= 11 is 0. The predicted octanol–water partition coefficient (Wildman–Crippen LogP) is 2.79. The summed E-state index contributed by atoms with van der Waals surface area (Å²) in [4.78, 5) is 29.7. The standard InChI is InChI=1S/C19H19N3O2/c1-3-12-22-17(23)13-8-4-6-10-15(13)20-19(22)14-9-5-7-11-16(14)21(2)18(19)24/h4-11,20H,3,12H2,1-2H3/t19-/m0/s1. The minimum absolute atomic E-state index is 0.107. The van der Waals surface area contributed by atoms with Gasteiger partial charge >= 0.3 is 0 Å². The van der Waals surface area contributed by atoms with Gasteiger partial charge in [0.25, 0.3) is 11.8 Å². The molecule has 0 aliphatic carbocycles. The summed E-state index contributed by atoms with van der Waals surface area (Å²) in [6.07, 6.45) is 0.774. The van der Waals surface area contributed by atoms with E-state index in [2.05, 4.69) is 5.32 Å². The minimum atomic E-state index is -1.16. The largest absolute Gasteiger partial charge is 0.350 e. The predicted molar refractivity (Wildman–Crippen MR) is 92.9 cm³/mol. The number of likely N-dealkylation sites (N-methyl/N-ethyl adjacent to an activating group) is 1. The number of carbonyl (C=O) groups excluding carboxylic acids is 2. The summed E-state index contributed by atoms with van der Waals surface area (Å²) in [5, 5.41) is 3.39. The molecular formula is C19H19N3O2. The fraction of sp³-hybridized carbons (Fsp3) is 0.263. The van der Waals surface area contributed by atoms with Crippen molar-refractivity contribution in [2.24, 2.45) is 0 Å². The Morgan fingerprint density at radius 3 is 2.54 bits per heavy atom. The molecule has 0 saturated carbocycles. The summed E-state index contributed by atoms with van der Waals surface area (Å²) in [7, 11) is 1.76. The van der Waals surface area contributed by atoms with Crippen LogP contribution in [0.2, 0.25) is 0 Å². The molecule has 2 aliphatic heterocycles. The van der Waals surface area contributed by atoms with Crippen LogP contribution >= 0.6 is 0 Å². The highest BCUT2D eigenvalue weighted by Crippen LogP contribution is 2.47. The number of para-hydroxylation sites is 2. The molecule has 0 aromatic heterocycles. The quantitative estimate of drug-likeness (QED) is 0.925. The van der Waals surface area contributed by atoms with Crippen molar-refractivity contribution >= 4 is 23.2 Å². The van der Waals surface area contributed by atoms with Gasteiger partial charge in [0.05, 0.1) is 11.3 Å². The molecule has 122 valence electrons. The Balaban J connectivity index is 1.99. The molecule has 2 aromatic rings. The average Bonchev–Trinajstić information content (AvgIpc) is 2.82. The van der Waals surface area contributed by atoms with Crippen LogP contribution in [0.1, 0.15) is 29.3 Å². The average molecular weight is 321 g/mol. The Bertz CT molecular complexity index is 848. The Morgan fingerprint density at radius 2 is 1.75 bits per heavy atom. The number of nitrogens with one attached hydrogen (secondary N) is 1. The molecular weight excluding hydrogens is 302 g/mol. The van der Waals surface area contributed by atoms with Gasteiger partial charge in [-0.1, -0.05) is 37.3 Å². The number of hydrogen-bond acceptors (Lipinski definition) is 3. The van der Waals surface area contributed by atoms with Crippen molar-refractivity contribution in [2.45, 2.75) is 19.0 Å². The zero-order chi connectivity index (χ0) is 16.9. The van der Waals surface area contributed by atoms with Gasteiger partial charge in [-0.15, -0.1) is 0 Å². The first kappa shape index (κ1) is 14.8. The maximum atomic E-state index is 13.2. The van der Waals surface area contributed by atoms with E-state index in [0.717, 1.165) is 17.7 Å². The highest BCUT2D eigenvalue weighted by Gasteiger charge is 2.57. The number of fused-ring (bicyclic) bond motifs is 3. The van der Waals surface area contributed by atoms with Gasteiger partial charge < -0.3 is 15.1 Å². The van der Waals surface area contributed by atoms with E-state index in [4.69, 9.17) is 0 Å². The highest BCUT2D eigenvalue weighted by molar-refractivity contribution is 6.15. The molecule has 2 amide bonds. The van der Waals surface area contributed by atoms with Gasteiger partial charge in [-0.2, -0.15) is 0 Å². The number of hydrogen-bond donors (Lipinski definition) is 1. The van der Waals surface area contributed by atoms with Gasteiger partial charge in [-0.05, 0) is 24.6 Å². The summed E-state index contributed by atoms with van der Waals surface area (Å²) in [5.74, 6) is -0.232. The second-order valence-corrected chi connectivity index (χ2v) is 6.22. The lowest BCUT2D eigenvalue weighted by Crippen LogP contribution is -2.62. The van der Waals surface area contributed by atoms with E-state index in [9.17, 15) is 9.59 Å². The molecule has 4 rings (SSSR count). The molecule has 0 bridgehead atoms. The van der Waals surface area contributed by atoms with Crippen LogP contribution in [0.5, 0.6) is 0 Å². The SMILES string of the molecule is CCCN1C(=O)c2ccccc2N[C@]12C(=O)N(C)c1ccccc12. The van der Waals surface area contributed by atoms with Gasteiger partial charge in [-0.3, -0.25) is 9.59 Å². The molecule has 5 nitrogen and oxygen atoms in total. The lowest BCUT2D eigenvalue weighted by Gasteiger charge is -2.45. The number of rotatable bonds is 2. The zero-order valence-electron chi connectivity index (χ0n) is 13.7. The maximum Gasteiger partial charge on any atom is 0.278 e. The van der Waals surface area contributed by atoms with Crippen molar-refractivity contribution < 1.29 is 9.59 Å². The third kappa shape index (κ3) is 1.69.